The van der Waals surface area contributed by atoms with Crippen molar-refractivity contribution in [1.82, 2.24) is 15.2 Å². The van der Waals surface area contributed by atoms with Gasteiger partial charge in [0.1, 0.15) is 0 Å². The Morgan fingerprint density at radius 3 is 2.89 bits per heavy atom. The molecular formula is C12H17N3O3S. The van der Waals surface area contributed by atoms with E-state index in [0.29, 0.717) is 18.9 Å². The predicted octanol–water partition coefficient (Wildman–Crippen LogP) is 1.44. The highest BCUT2D eigenvalue weighted by Crippen LogP contribution is 2.29. The van der Waals surface area contributed by atoms with E-state index in [9.17, 15) is 9.59 Å². The van der Waals surface area contributed by atoms with E-state index in [4.69, 9.17) is 5.11 Å². The van der Waals surface area contributed by atoms with E-state index >= 15 is 0 Å². The van der Waals surface area contributed by atoms with Gasteiger partial charge in [-0.05, 0) is 18.8 Å². The van der Waals surface area contributed by atoms with Crippen LogP contribution in [0.15, 0.2) is 5.38 Å². The molecule has 19 heavy (non-hydrogen) atoms. The lowest BCUT2D eigenvalue weighted by atomic mass is 10.4. The molecule has 1 aromatic rings. The van der Waals surface area contributed by atoms with Crippen LogP contribution in [0, 0.1) is 5.92 Å². The van der Waals surface area contributed by atoms with Gasteiger partial charge >= 0.3 is 12.0 Å². The first-order chi connectivity index (χ1) is 9.06. The summed E-state index contributed by atoms with van der Waals surface area (Å²) >= 11 is 1.30. The molecule has 1 saturated carbocycles. The summed E-state index contributed by atoms with van der Waals surface area (Å²) in [6, 6.07) is -0.0816. The molecule has 2 N–H and O–H groups in total. The van der Waals surface area contributed by atoms with Crippen LogP contribution >= 0.6 is 11.3 Å². The van der Waals surface area contributed by atoms with Crippen LogP contribution in [0.3, 0.4) is 0 Å². The number of carboxylic acid groups (broad SMARTS) is 1. The van der Waals surface area contributed by atoms with Crippen molar-refractivity contribution in [2.75, 3.05) is 20.1 Å². The Kier molecular flexibility index (Phi) is 4.36. The zero-order chi connectivity index (χ0) is 13.8. The third kappa shape index (κ3) is 4.20. The molecule has 2 rings (SSSR count). The fraction of sp³-hybridized carbons (Fsp3) is 0.583. The van der Waals surface area contributed by atoms with Crippen LogP contribution in [0.5, 0.6) is 0 Å². The maximum Gasteiger partial charge on any atom is 0.355 e. The van der Waals surface area contributed by atoms with Crippen molar-refractivity contribution in [2.45, 2.75) is 19.3 Å². The Balaban J connectivity index is 1.69. The molecule has 1 fully saturated rings. The first-order valence-electron chi connectivity index (χ1n) is 6.23. The number of hydrogen-bond acceptors (Lipinski definition) is 4. The number of urea groups is 1. The minimum atomic E-state index is -1.02. The van der Waals surface area contributed by atoms with Crippen LogP contribution in [0.2, 0.25) is 0 Å². The van der Waals surface area contributed by atoms with Crippen LogP contribution in [0.4, 0.5) is 4.79 Å². The fourth-order valence-electron chi connectivity index (χ4n) is 1.71. The zero-order valence-electron chi connectivity index (χ0n) is 10.8. The molecule has 0 bridgehead atoms. The van der Waals surface area contributed by atoms with Gasteiger partial charge in [0.2, 0.25) is 0 Å². The topological polar surface area (TPSA) is 82.5 Å². The number of carboxylic acids is 1. The van der Waals surface area contributed by atoms with Gasteiger partial charge in [0, 0.05) is 31.9 Å². The van der Waals surface area contributed by atoms with Gasteiger partial charge in [-0.2, -0.15) is 0 Å². The lowest BCUT2D eigenvalue weighted by molar-refractivity contribution is 0.0691. The normalized spacial score (nSPS) is 14.2. The number of carbonyl (C=O) groups is 2. The molecule has 2 amide bonds. The van der Waals surface area contributed by atoms with Gasteiger partial charge < -0.3 is 15.3 Å². The number of rotatable bonds is 6. The second-order valence-corrected chi connectivity index (χ2v) is 5.68. The number of nitrogens with one attached hydrogen (secondary N) is 1. The molecule has 0 radical (unpaired) electrons. The molecule has 7 heteroatoms. The molecule has 1 heterocycles. The lowest BCUT2D eigenvalue weighted by Crippen LogP contribution is -2.39. The maximum atomic E-state index is 11.7. The fourth-order valence-corrected chi connectivity index (χ4v) is 2.48. The average Bonchev–Trinajstić information content (AvgIpc) is 3.04. The summed E-state index contributed by atoms with van der Waals surface area (Å²) in [5.74, 6) is -0.344. The lowest BCUT2D eigenvalue weighted by Gasteiger charge is -2.17. The molecule has 0 aliphatic heterocycles. The monoisotopic (exact) mass is 283 g/mol. The van der Waals surface area contributed by atoms with Crippen molar-refractivity contribution < 1.29 is 14.7 Å². The molecule has 0 atom stereocenters. The van der Waals surface area contributed by atoms with Crippen molar-refractivity contribution in [1.29, 1.82) is 0 Å². The van der Waals surface area contributed by atoms with Crippen molar-refractivity contribution in [3.05, 3.63) is 16.1 Å². The third-order valence-electron chi connectivity index (χ3n) is 2.96. The summed E-state index contributed by atoms with van der Waals surface area (Å²) in [5.41, 5.74) is 0.0668. The van der Waals surface area contributed by atoms with Crippen LogP contribution in [0.25, 0.3) is 0 Å². The Labute approximate surface area is 115 Å². The minimum Gasteiger partial charge on any atom is -0.476 e. The van der Waals surface area contributed by atoms with Gasteiger partial charge in [-0.1, -0.05) is 0 Å². The van der Waals surface area contributed by atoms with E-state index in [0.717, 1.165) is 11.6 Å². The quantitative estimate of drug-likeness (QED) is 0.827. The highest BCUT2D eigenvalue weighted by molar-refractivity contribution is 7.09. The second kappa shape index (κ2) is 6.01. The molecule has 104 valence electrons. The number of nitrogens with zero attached hydrogens (tertiary/aromatic N) is 2. The van der Waals surface area contributed by atoms with Gasteiger partial charge in [0.15, 0.2) is 5.69 Å². The smallest absolute Gasteiger partial charge is 0.355 e. The molecule has 1 aliphatic rings. The Morgan fingerprint density at radius 2 is 2.32 bits per heavy atom. The summed E-state index contributed by atoms with van der Waals surface area (Å²) in [7, 11) is 1.79. The maximum absolute atomic E-state index is 11.7. The van der Waals surface area contributed by atoms with E-state index in [1.54, 1.807) is 11.9 Å². The van der Waals surface area contributed by atoms with Gasteiger partial charge in [-0.3, -0.25) is 0 Å². The Hall–Kier alpha value is -1.63. The summed E-state index contributed by atoms with van der Waals surface area (Å²) in [5, 5.41) is 13.8. The molecule has 1 aromatic heterocycles. The van der Waals surface area contributed by atoms with E-state index in [1.165, 1.54) is 29.6 Å². The van der Waals surface area contributed by atoms with Crippen molar-refractivity contribution in [3.8, 4) is 0 Å². The van der Waals surface area contributed by atoms with Crippen LogP contribution in [-0.2, 0) is 6.42 Å². The number of carbonyl (C=O) groups excluding carboxylic acids is 1. The number of hydrogen-bond donors (Lipinski definition) is 2. The van der Waals surface area contributed by atoms with E-state index < -0.39 is 5.97 Å². The standard InChI is InChI=1S/C12H17N3O3S/c1-15(6-8-2-3-8)12(18)13-5-4-10-14-9(7-19-10)11(16)17/h7-8H,2-6H2,1H3,(H,13,18)(H,16,17). The SMILES string of the molecule is CN(CC1CC1)C(=O)NCCc1nc(C(=O)O)cs1. The number of aromatic nitrogens is 1. The van der Waals surface area contributed by atoms with Crippen LogP contribution in [0.1, 0.15) is 28.3 Å². The summed E-state index contributed by atoms with van der Waals surface area (Å²) in [6.45, 7) is 1.28. The van der Waals surface area contributed by atoms with Crippen molar-refractivity contribution >= 4 is 23.3 Å². The highest BCUT2D eigenvalue weighted by Gasteiger charge is 2.24. The van der Waals surface area contributed by atoms with Gasteiger partial charge in [0.25, 0.3) is 0 Å². The highest BCUT2D eigenvalue weighted by atomic mass is 32.1. The largest absolute Gasteiger partial charge is 0.476 e. The first kappa shape index (κ1) is 13.8. The molecule has 6 nitrogen and oxygen atoms in total. The van der Waals surface area contributed by atoms with Gasteiger partial charge in [-0.25, -0.2) is 14.6 Å². The van der Waals surface area contributed by atoms with Crippen molar-refractivity contribution in [2.24, 2.45) is 5.92 Å². The molecule has 1 aliphatic carbocycles. The number of amides is 2. The molecular weight excluding hydrogens is 266 g/mol. The predicted molar refractivity (Wildman–Crippen MR) is 71.5 cm³/mol. The summed E-state index contributed by atoms with van der Waals surface area (Å²) in [4.78, 5) is 28.0. The first-order valence-corrected chi connectivity index (χ1v) is 7.11. The molecule has 0 spiro atoms. The molecule has 0 unspecified atom stereocenters. The summed E-state index contributed by atoms with van der Waals surface area (Å²) in [6.07, 6.45) is 2.99. The van der Waals surface area contributed by atoms with Gasteiger partial charge in [0.05, 0.1) is 5.01 Å². The average molecular weight is 283 g/mol. The van der Waals surface area contributed by atoms with E-state index in [-0.39, 0.29) is 11.7 Å². The number of aromatic carboxylic acids is 1. The van der Waals surface area contributed by atoms with E-state index in [1.807, 2.05) is 0 Å². The van der Waals surface area contributed by atoms with Crippen LogP contribution < -0.4 is 5.32 Å². The zero-order valence-corrected chi connectivity index (χ0v) is 11.6. The number of thiazole rings is 1. The van der Waals surface area contributed by atoms with E-state index in [2.05, 4.69) is 10.3 Å². The third-order valence-corrected chi connectivity index (χ3v) is 3.87. The molecule has 0 saturated heterocycles. The molecule has 0 aromatic carbocycles. The second-order valence-electron chi connectivity index (χ2n) is 4.74. The van der Waals surface area contributed by atoms with Gasteiger partial charge in [-0.15, -0.1) is 11.3 Å². The Bertz CT molecular complexity index is 471. The minimum absolute atomic E-state index is 0.0668. The van der Waals surface area contributed by atoms with Crippen LogP contribution in [-0.4, -0.2) is 47.1 Å². The van der Waals surface area contributed by atoms with Crippen molar-refractivity contribution in [3.63, 3.8) is 0 Å². The summed E-state index contributed by atoms with van der Waals surface area (Å²) < 4.78 is 0. The Morgan fingerprint density at radius 1 is 1.58 bits per heavy atom.